The lowest BCUT2D eigenvalue weighted by Crippen LogP contribution is -2.23. The van der Waals surface area contributed by atoms with E-state index in [-0.39, 0.29) is 6.73 Å². The first kappa shape index (κ1) is 27.0. The van der Waals surface area contributed by atoms with Crippen molar-refractivity contribution in [1.82, 2.24) is 4.57 Å². The summed E-state index contributed by atoms with van der Waals surface area (Å²) in [5.41, 5.74) is 7.82. The van der Waals surface area contributed by atoms with Crippen LogP contribution in [0.15, 0.2) is 161 Å². The average Bonchev–Trinajstić information content (AvgIpc) is 3.67. The van der Waals surface area contributed by atoms with E-state index in [4.69, 9.17) is 9.15 Å². The monoisotopic (exact) mass is 607 g/mol. The van der Waals surface area contributed by atoms with Crippen LogP contribution in [0.3, 0.4) is 0 Å². The number of anilines is 2. The molecule has 0 N–H and O–H groups in total. The van der Waals surface area contributed by atoms with Gasteiger partial charge in [-0.25, -0.2) is 0 Å². The zero-order valence-electron chi connectivity index (χ0n) is 25.5. The van der Waals surface area contributed by atoms with Crippen LogP contribution in [0, 0.1) is 0 Å². The van der Waals surface area contributed by atoms with Gasteiger partial charge in [0.2, 0.25) is 0 Å². The maximum Gasteiger partial charge on any atom is 0.165 e. The molecule has 47 heavy (non-hydrogen) atoms. The van der Waals surface area contributed by atoms with Crippen LogP contribution in [0.4, 0.5) is 17.1 Å². The molecule has 5 nitrogen and oxygen atoms in total. The quantitative estimate of drug-likeness (QED) is 0.134. The van der Waals surface area contributed by atoms with Crippen LogP contribution in [-0.2, 0) is 0 Å². The minimum absolute atomic E-state index is 0.245. The van der Waals surface area contributed by atoms with Crippen LogP contribution in [0.25, 0.3) is 60.2 Å². The summed E-state index contributed by atoms with van der Waals surface area (Å²) in [4.78, 5) is 6.57. The molecule has 0 aliphatic heterocycles. The number of furan rings is 1. The van der Waals surface area contributed by atoms with E-state index in [2.05, 4.69) is 136 Å². The van der Waals surface area contributed by atoms with E-state index in [0.29, 0.717) is 5.75 Å². The molecule has 0 amide bonds. The molecule has 0 saturated carbocycles. The molecule has 0 aliphatic rings. The average molecular weight is 608 g/mol. The molecule has 2 aromatic heterocycles. The van der Waals surface area contributed by atoms with Gasteiger partial charge in [0.25, 0.3) is 0 Å². The molecular weight excluding hydrogens is 578 g/mol. The van der Waals surface area contributed by atoms with E-state index in [0.717, 1.165) is 71.9 Å². The number of benzene rings is 7. The first-order chi connectivity index (χ1) is 23.3. The molecule has 0 radical (unpaired) electrons. The van der Waals surface area contributed by atoms with Crippen molar-refractivity contribution in [2.45, 2.75) is 0 Å². The summed E-state index contributed by atoms with van der Waals surface area (Å²) in [5, 5.41) is 6.63. The predicted octanol–water partition coefficient (Wildman–Crippen LogP) is 11.3. The van der Waals surface area contributed by atoms with Gasteiger partial charge in [0, 0.05) is 50.1 Å². The Labute approximate surface area is 271 Å². The van der Waals surface area contributed by atoms with E-state index >= 15 is 0 Å². The van der Waals surface area contributed by atoms with Gasteiger partial charge in [-0.1, -0.05) is 84.9 Å². The van der Waals surface area contributed by atoms with Gasteiger partial charge >= 0.3 is 0 Å². The van der Waals surface area contributed by atoms with E-state index in [1.807, 2.05) is 36.4 Å². The van der Waals surface area contributed by atoms with Crippen molar-refractivity contribution < 1.29 is 9.15 Å². The summed E-state index contributed by atoms with van der Waals surface area (Å²) >= 11 is 0. The van der Waals surface area contributed by atoms with Gasteiger partial charge in [0.05, 0.1) is 11.0 Å². The summed E-state index contributed by atoms with van der Waals surface area (Å²) in [6.07, 6.45) is 0. The maximum atomic E-state index is 6.61. The first-order valence-corrected chi connectivity index (χ1v) is 15.7. The van der Waals surface area contributed by atoms with Crippen molar-refractivity contribution >= 4 is 78.3 Å². The molecule has 0 spiro atoms. The first-order valence-electron chi connectivity index (χ1n) is 15.7. The molecule has 0 bridgehead atoms. The number of aromatic nitrogens is 1. The molecule has 0 unspecified atom stereocenters. The SMILES string of the molecule is C=Nc1c(OCN(c2ccc3c(c2)oc2ccccc23)c2ccc3c(c2)c2ccccc2n3-c2ccccc2)ccc2ccccc12. The lowest BCUT2D eigenvalue weighted by molar-refractivity contribution is 0.328. The van der Waals surface area contributed by atoms with E-state index in [9.17, 15) is 0 Å². The van der Waals surface area contributed by atoms with Crippen molar-refractivity contribution in [3.63, 3.8) is 0 Å². The Morgan fingerprint density at radius 2 is 1.26 bits per heavy atom. The molecule has 7 aromatic carbocycles. The third kappa shape index (κ3) is 4.43. The summed E-state index contributed by atoms with van der Waals surface area (Å²) in [6.45, 7) is 4.12. The molecule has 0 saturated heterocycles. The highest BCUT2D eigenvalue weighted by molar-refractivity contribution is 6.11. The van der Waals surface area contributed by atoms with Crippen LogP contribution in [0.5, 0.6) is 5.75 Å². The Bertz CT molecular complexity index is 2620. The number of hydrogen-bond donors (Lipinski definition) is 0. The van der Waals surface area contributed by atoms with Crippen molar-refractivity contribution in [1.29, 1.82) is 0 Å². The fraction of sp³-hybridized carbons (Fsp3) is 0.0238. The van der Waals surface area contributed by atoms with Gasteiger partial charge in [-0.3, -0.25) is 4.99 Å². The number of hydrogen-bond acceptors (Lipinski definition) is 4. The smallest absolute Gasteiger partial charge is 0.165 e. The highest BCUT2D eigenvalue weighted by Crippen LogP contribution is 2.40. The van der Waals surface area contributed by atoms with Crippen molar-refractivity contribution in [3.05, 3.63) is 152 Å². The number of ether oxygens (including phenoxy) is 1. The van der Waals surface area contributed by atoms with E-state index < -0.39 is 0 Å². The van der Waals surface area contributed by atoms with Gasteiger partial charge in [-0.2, -0.15) is 0 Å². The molecule has 224 valence electrons. The molecule has 0 aliphatic carbocycles. The van der Waals surface area contributed by atoms with E-state index in [1.54, 1.807) is 0 Å². The van der Waals surface area contributed by atoms with Crippen molar-refractivity contribution in [2.75, 3.05) is 11.6 Å². The Balaban J connectivity index is 1.21. The maximum absolute atomic E-state index is 6.61. The topological polar surface area (TPSA) is 42.9 Å². The van der Waals surface area contributed by atoms with Gasteiger partial charge < -0.3 is 18.6 Å². The fourth-order valence-corrected chi connectivity index (χ4v) is 6.81. The Kier molecular flexibility index (Phi) is 6.28. The van der Waals surface area contributed by atoms with Gasteiger partial charge in [-0.05, 0) is 72.8 Å². The highest BCUT2D eigenvalue weighted by atomic mass is 16.5. The molecule has 5 heteroatoms. The second-order valence-electron chi connectivity index (χ2n) is 11.7. The third-order valence-corrected chi connectivity index (χ3v) is 9.03. The predicted molar refractivity (Wildman–Crippen MR) is 195 cm³/mol. The number of fused-ring (bicyclic) bond motifs is 7. The zero-order chi connectivity index (χ0) is 31.3. The molecular formula is C42H29N3O2. The van der Waals surface area contributed by atoms with E-state index in [1.165, 1.54) is 5.39 Å². The molecule has 0 fully saturated rings. The van der Waals surface area contributed by atoms with Gasteiger partial charge in [0.1, 0.15) is 22.6 Å². The summed E-state index contributed by atoms with van der Waals surface area (Å²) in [6, 6.07) is 52.4. The minimum atomic E-state index is 0.245. The van der Waals surface area contributed by atoms with Gasteiger partial charge in [0.15, 0.2) is 6.73 Å². The van der Waals surface area contributed by atoms with Crippen LogP contribution >= 0.6 is 0 Å². The molecule has 9 aromatic rings. The minimum Gasteiger partial charge on any atom is -0.470 e. The number of rotatable bonds is 7. The summed E-state index contributed by atoms with van der Waals surface area (Å²) in [5.74, 6) is 0.676. The number of para-hydroxylation sites is 3. The van der Waals surface area contributed by atoms with Crippen molar-refractivity contribution in [3.8, 4) is 11.4 Å². The van der Waals surface area contributed by atoms with Crippen molar-refractivity contribution in [2.24, 2.45) is 4.99 Å². The number of aliphatic imine (C=N–C) groups is 1. The lowest BCUT2D eigenvalue weighted by atomic mass is 10.1. The molecule has 9 rings (SSSR count). The summed E-state index contributed by atoms with van der Waals surface area (Å²) in [7, 11) is 0. The van der Waals surface area contributed by atoms with Gasteiger partial charge in [-0.15, -0.1) is 0 Å². The fourth-order valence-electron chi connectivity index (χ4n) is 6.81. The lowest BCUT2D eigenvalue weighted by Gasteiger charge is -2.26. The standard InChI is InChI=1S/C42H29N3O2/c1-43-42-32-14-6-5-11-28(32)19-24-40(42)46-27-44(31-20-22-35-34-16-8-10-18-39(34)47-41(35)26-31)30-21-23-38-36(25-30)33-15-7-9-17-37(33)45(38)29-12-3-2-4-13-29/h2-26H,1,27H2. The molecule has 0 atom stereocenters. The highest BCUT2D eigenvalue weighted by Gasteiger charge is 2.19. The second-order valence-corrected chi connectivity index (χ2v) is 11.7. The van der Waals surface area contributed by atoms with Crippen LogP contribution in [0.1, 0.15) is 0 Å². The Hall–Kier alpha value is -6.33. The normalized spacial score (nSPS) is 11.6. The summed E-state index contributed by atoms with van der Waals surface area (Å²) < 4.78 is 15.2. The van der Waals surface area contributed by atoms with Crippen LogP contribution in [0.2, 0.25) is 0 Å². The van der Waals surface area contributed by atoms with Crippen LogP contribution in [-0.4, -0.2) is 18.0 Å². The molecule has 2 heterocycles. The van der Waals surface area contributed by atoms with Crippen LogP contribution < -0.4 is 9.64 Å². The number of nitrogens with zero attached hydrogens (tertiary/aromatic N) is 3. The Morgan fingerprint density at radius 1 is 0.574 bits per heavy atom. The zero-order valence-corrected chi connectivity index (χ0v) is 25.5. The third-order valence-electron chi connectivity index (χ3n) is 9.03. The Morgan fingerprint density at radius 3 is 2.13 bits per heavy atom. The second kappa shape index (κ2) is 10.9. The largest absolute Gasteiger partial charge is 0.470 e.